The van der Waals surface area contributed by atoms with Crippen molar-refractivity contribution in [3.8, 4) is 0 Å². The summed E-state index contributed by atoms with van der Waals surface area (Å²) in [6, 6.07) is 0.326. The lowest BCUT2D eigenvalue weighted by Crippen LogP contribution is -2.34. The zero-order valence-corrected chi connectivity index (χ0v) is 12.0. The predicted molar refractivity (Wildman–Crippen MR) is 78.1 cm³/mol. The van der Waals surface area contributed by atoms with Crippen molar-refractivity contribution in [1.82, 2.24) is 9.97 Å². The van der Waals surface area contributed by atoms with Crippen LogP contribution in [0.4, 0.5) is 17.3 Å². The van der Waals surface area contributed by atoms with Gasteiger partial charge in [0.15, 0.2) is 0 Å². The fourth-order valence-corrected chi connectivity index (χ4v) is 2.73. The van der Waals surface area contributed by atoms with Gasteiger partial charge in [-0.05, 0) is 19.8 Å². The molecule has 1 aliphatic carbocycles. The van der Waals surface area contributed by atoms with Gasteiger partial charge < -0.3 is 10.2 Å². The molecule has 7 nitrogen and oxygen atoms in total. The highest BCUT2D eigenvalue weighted by Gasteiger charge is 2.29. The third-order valence-electron chi connectivity index (χ3n) is 3.79. The molecule has 0 amide bonds. The lowest BCUT2D eigenvalue weighted by atomic mass is 9.94. The number of nitrogens with one attached hydrogen (secondary N) is 1. The molecule has 1 saturated carbocycles. The number of rotatable bonds is 5. The summed E-state index contributed by atoms with van der Waals surface area (Å²) < 4.78 is 0. The maximum atomic E-state index is 11.4. The van der Waals surface area contributed by atoms with Gasteiger partial charge in [-0.1, -0.05) is 19.3 Å². The molecular weight excluding hydrogens is 258 g/mol. The summed E-state index contributed by atoms with van der Waals surface area (Å²) in [5.41, 5.74) is -0.0255. The van der Waals surface area contributed by atoms with Gasteiger partial charge in [0, 0.05) is 19.6 Å². The van der Waals surface area contributed by atoms with Crippen molar-refractivity contribution in [3.63, 3.8) is 0 Å². The first kappa shape index (κ1) is 14.5. The summed E-state index contributed by atoms with van der Waals surface area (Å²) in [5.74, 6) is 0.706. The van der Waals surface area contributed by atoms with Crippen LogP contribution in [-0.4, -0.2) is 34.5 Å². The summed E-state index contributed by atoms with van der Waals surface area (Å²) in [6.07, 6.45) is 7.11. The molecule has 1 aromatic heterocycles. The molecule has 0 spiro atoms. The zero-order chi connectivity index (χ0) is 14.5. The average molecular weight is 279 g/mol. The van der Waals surface area contributed by atoms with Crippen LogP contribution in [0.5, 0.6) is 0 Å². The lowest BCUT2D eigenvalue weighted by molar-refractivity contribution is -0.383. The van der Waals surface area contributed by atoms with Crippen molar-refractivity contribution >= 4 is 17.3 Å². The minimum atomic E-state index is -0.396. The van der Waals surface area contributed by atoms with E-state index in [2.05, 4.69) is 15.3 Å². The van der Waals surface area contributed by atoms with Crippen molar-refractivity contribution in [2.45, 2.75) is 45.1 Å². The Morgan fingerprint density at radius 1 is 1.40 bits per heavy atom. The van der Waals surface area contributed by atoms with E-state index in [4.69, 9.17) is 0 Å². The highest BCUT2D eigenvalue weighted by atomic mass is 16.6. The van der Waals surface area contributed by atoms with Gasteiger partial charge in [-0.15, -0.1) is 0 Å². The maximum absolute atomic E-state index is 11.4. The third-order valence-corrected chi connectivity index (χ3v) is 3.79. The third kappa shape index (κ3) is 2.97. The monoisotopic (exact) mass is 279 g/mol. The van der Waals surface area contributed by atoms with E-state index in [9.17, 15) is 10.1 Å². The van der Waals surface area contributed by atoms with Crippen molar-refractivity contribution in [1.29, 1.82) is 0 Å². The van der Waals surface area contributed by atoms with E-state index in [1.54, 1.807) is 0 Å². The smallest absolute Gasteiger partial charge is 0.353 e. The normalized spacial score (nSPS) is 15.9. The molecule has 0 atom stereocenters. The molecule has 0 bridgehead atoms. The number of aromatic nitrogens is 2. The van der Waals surface area contributed by atoms with Crippen molar-refractivity contribution in [2.24, 2.45) is 0 Å². The Bertz CT molecular complexity index is 474. The second-order valence-corrected chi connectivity index (χ2v) is 5.08. The Morgan fingerprint density at radius 3 is 2.70 bits per heavy atom. The molecular formula is C13H21N5O2. The molecule has 0 aliphatic heterocycles. The minimum Gasteiger partial charge on any atom is -0.364 e. The highest BCUT2D eigenvalue weighted by molar-refractivity contribution is 5.70. The minimum absolute atomic E-state index is 0.0255. The molecule has 0 unspecified atom stereocenters. The molecule has 1 heterocycles. The first-order valence-electron chi connectivity index (χ1n) is 7.11. The van der Waals surface area contributed by atoms with E-state index in [0.717, 1.165) is 12.8 Å². The molecule has 0 saturated heterocycles. The SMILES string of the molecule is CCNc1ncnc(N(C)C2CCCCC2)c1[N+](=O)[O-]. The fourth-order valence-electron chi connectivity index (χ4n) is 2.73. The molecule has 20 heavy (non-hydrogen) atoms. The van der Waals surface area contributed by atoms with Crippen LogP contribution in [0.15, 0.2) is 6.33 Å². The molecule has 0 aromatic carbocycles. The van der Waals surface area contributed by atoms with Crippen LogP contribution < -0.4 is 10.2 Å². The van der Waals surface area contributed by atoms with Crippen LogP contribution >= 0.6 is 0 Å². The van der Waals surface area contributed by atoms with Gasteiger partial charge in [0.2, 0.25) is 11.6 Å². The van der Waals surface area contributed by atoms with E-state index in [-0.39, 0.29) is 5.69 Å². The zero-order valence-electron chi connectivity index (χ0n) is 12.0. The molecule has 1 N–H and O–H groups in total. The summed E-state index contributed by atoms with van der Waals surface area (Å²) in [5, 5.41) is 14.3. The first-order valence-corrected chi connectivity index (χ1v) is 7.11. The second-order valence-electron chi connectivity index (χ2n) is 5.08. The number of hydrogen-bond donors (Lipinski definition) is 1. The average Bonchev–Trinajstić information content (AvgIpc) is 2.47. The van der Waals surface area contributed by atoms with Gasteiger partial charge in [-0.3, -0.25) is 10.1 Å². The summed E-state index contributed by atoms with van der Waals surface area (Å²) in [6.45, 7) is 2.47. The van der Waals surface area contributed by atoms with Crippen LogP contribution in [0.2, 0.25) is 0 Å². The highest BCUT2D eigenvalue weighted by Crippen LogP contribution is 2.34. The van der Waals surface area contributed by atoms with Gasteiger partial charge in [0.25, 0.3) is 0 Å². The summed E-state index contributed by atoms with van der Waals surface area (Å²) in [7, 11) is 1.89. The maximum Gasteiger partial charge on any atom is 0.353 e. The Kier molecular flexibility index (Phi) is 4.70. The molecule has 0 radical (unpaired) electrons. The molecule has 110 valence electrons. The van der Waals surface area contributed by atoms with E-state index in [0.29, 0.717) is 24.2 Å². The van der Waals surface area contributed by atoms with Crippen LogP contribution in [0, 0.1) is 10.1 Å². The van der Waals surface area contributed by atoms with E-state index >= 15 is 0 Å². The Morgan fingerprint density at radius 2 is 2.10 bits per heavy atom. The number of nitrogens with zero attached hydrogens (tertiary/aromatic N) is 4. The Balaban J connectivity index is 2.33. The topological polar surface area (TPSA) is 84.2 Å². The van der Waals surface area contributed by atoms with Crippen LogP contribution in [-0.2, 0) is 0 Å². The van der Waals surface area contributed by atoms with Crippen LogP contribution in [0.1, 0.15) is 39.0 Å². The van der Waals surface area contributed by atoms with E-state index in [1.807, 2.05) is 18.9 Å². The Hall–Kier alpha value is -1.92. The van der Waals surface area contributed by atoms with Crippen molar-refractivity contribution < 1.29 is 4.92 Å². The second kappa shape index (κ2) is 6.49. The lowest BCUT2D eigenvalue weighted by Gasteiger charge is -2.31. The summed E-state index contributed by atoms with van der Waals surface area (Å²) >= 11 is 0. The van der Waals surface area contributed by atoms with Gasteiger partial charge in [-0.2, -0.15) is 0 Å². The molecule has 1 aromatic rings. The van der Waals surface area contributed by atoms with Gasteiger partial charge in [-0.25, -0.2) is 9.97 Å². The predicted octanol–water partition coefficient (Wildman–Crippen LogP) is 2.59. The molecule has 1 aliphatic rings. The fraction of sp³-hybridized carbons (Fsp3) is 0.692. The van der Waals surface area contributed by atoms with Gasteiger partial charge in [0.1, 0.15) is 6.33 Å². The number of anilines is 2. The van der Waals surface area contributed by atoms with Gasteiger partial charge >= 0.3 is 5.69 Å². The van der Waals surface area contributed by atoms with E-state index < -0.39 is 4.92 Å². The Labute approximate surface area is 118 Å². The number of nitro groups is 1. The standard InChI is InChI=1S/C13H21N5O2/c1-3-14-12-11(18(19)20)13(16-9-15-12)17(2)10-7-5-4-6-8-10/h9-10H,3-8H2,1-2H3,(H,14,15,16). The number of hydrogen-bond acceptors (Lipinski definition) is 6. The molecule has 1 fully saturated rings. The molecule has 7 heteroatoms. The largest absolute Gasteiger partial charge is 0.364 e. The van der Waals surface area contributed by atoms with Crippen molar-refractivity contribution in [2.75, 3.05) is 23.8 Å². The van der Waals surface area contributed by atoms with Crippen LogP contribution in [0.3, 0.4) is 0 Å². The quantitative estimate of drug-likeness (QED) is 0.658. The first-order chi connectivity index (χ1) is 9.65. The molecule has 2 rings (SSSR count). The van der Waals surface area contributed by atoms with Crippen LogP contribution in [0.25, 0.3) is 0 Å². The summed E-state index contributed by atoms with van der Waals surface area (Å²) in [4.78, 5) is 21.1. The van der Waals surface area contributed by atoms with Crippen molar-refractivity contribution in [3.05, 3.63) is 16.4 Å². The van der Waals surface area contributed by atoms with Gasteiger partial charge in [0.05, 0.1) is 4.92 Å². The van der Waals surface area contributed by atoms with E-state index in [1.165, 1.54) is 25.6 Å².